The normalized spacial score (nSPS) is 10.5. The van der Waals surface area contributed by atoms with Gasteiger partial charge in [-0.15, -0.1) is 0 Å². The van der Waals surface area contributed by atoms with Gasteiger partial charge in [0.05, 0.1) is 11.5 Å². The molecule has 0 amide bonds. The topological polar surface area (TPSA) is 69.4 Å². The number of carbonyl (C=O) groups is 1. The van der Waals surface area contributed by atoms with Crippen molar-refractivity contribution < 1.29 is 18.8 Å². The van der Waals surface area contributed by atoms with Crippen molar-refractivity contribution in [2.45, 2.75) is 6.92 Å². The molecule has 0 fully saturated rings. The quantitative estimate of drug-likeness (QED) is 0.350. The standard InChI is InChI=1S/C11H10FNO4/c1-2-17-11(14)6-4-8-3-5-10(13(15)16)9(12)7-8/h3-7H,2H2,1H3/b6-4+. The molecule has 6 heteroatoms. The Bertz CT molecular complexity index is 471. The van der Waals surface area contributed by atoms with Crippen LogP contribution in [0.2, 0.25) is 0 Å². The number of rotatable bonds is 4. The van der Waals surface area contributed by atoms with E-state index in [0.717, 1.165) is 18.2 Å². The predicted octanol–water partition coefficient (Wildman–Crippen LogP) is 2.31. The smallest absolute Gasteiger partial charge is 0.330 e. The minimum atomic E-state index is -0.944. The summed E-state index contributed by atoms with van der Waals surface area (Å²) < 4.78 is 17.8. The van der Waals surface area contributed by atoms with Crippen LogP contribution in [0, 0.1) is 15.9 Å². The van der Waals surface area contributed by atoms with Gasteiger partial charge in [-0.25, -0.2) is 4.79 Å². The Hall–Kier alpha value is -2.24. The van der Waals surface area contributed by atoms with Gasteiger partial charge < -0.3 is 4.74 Å². The fourth-order valence-corrected chi connectivity index (χ4v) is 1.13. The van der Waals surface area contributed by atoms with Crippen molar-refractivity contribution in [3.05, 3.63) is 45.8 Å². The molecule has 0 bridgehead atoms. The van der Waals surface area contributed by atoms with E-state index in [-0.39, 0.29) is 6.61 Å². The number of nitro groups is 1. The Kier molecular flexibility index (Phi) is 4.33. The van der Waals surface area contributed by atoms with Crippen molar-refractivity contribution in [1.29, 1.82) is 0 Å². The lowest BCUT2D eigenvalue weighted by Gasteiger charge is -1.97. The van der Waals surface area contributed by atoms with Crippen molar-refractivity contribution in [3.8, 4) is 0 Å². The highest BCUT2D eigenvalue weighted by atomic mass is 19.1. The summed E-state index contributed by atoms with van der Waals surface area (Å²) in [4.78, 5) is 20.5. The van der Waals surface area contributed by atoms with Crippen LogP contribution in [-0.4, -0.2) is 17.5 Å². The summed E-state index contributed by atoms with van der Waals surface area (Å²) >= 11 is 0. The van der Waals surface area contributed by atoms with Crippen molar-refractivity contribution in [2.24, 2.45) is 0 Å². The van der Waals surface area contributed by atoms with Gasteiger partial charge in [0.2, 0.25) is 5.82 Å². The zero-order valence-electron chi connectivity index (χ0n) is 9.05. The second-order valence-corrected chi connectivity index (χ2v) is 3.05. The maximum absolute atomic E-state index is 13.2. The molecule has 0 saturated heterocycles. The van der Waals surface area contributed by atoms with Gasteiger partial charge in [0, 0.05) is 12.1 Å². The molecule has 0 spiro atoms. The third-order valence-corrected chi connectivity index (χ3v) is 1.87. The maximum atomic E-state index is 13.2. The number of benzene rings is 1. The molecule has 17 heavy (non-hydrogen) atoms. The molecular formula is C11H10FNO4. The van der Waals surface area contributed by atoms with E-state index < -0.39 is 22.4 Å². The summed E-state index contributed by atoms with van der Waals surface area (Å²) in [6.07, 6.45) is 2.45. The Morgan fingerprint density at radius 1 is 1.59 bits per heavy atom. The number of hydrogen-bond acceptors (Lipinski definition) is 4. The van der Waals surface area contributed by atoms with Crippen LogP contribution >= 0.6 is 0 Å². The monoisotopic (exact) mass is 239 g/mol. The van der Waals surface area contributed by atoms with Crippen LogP contribution < -0.4 is 0 Å². The van der Waals surface area contributed by atoms with Gasteiger partial charge in [-0.2, -0.15) is 4.39 Å². The molecule has 0 atom stereocenters. The predicted molar refractivity (Wildman–Crippen MR) is 58.7 cm³/mol. The lowest BCUT2D eigenvalue weighted by molar-refractivity contribution is -0.387. The summed E-state index contributed by atoms with van der Waals surface area (Å²) in [5, 5.41) is 10.4. The number of hydrogen-bond donors (Lipinski definition) is 0. The highest BCUT2D eigenvalue weighted by molar-refractivity contribution is 5.87. The number of nitro benzene ring substituents is 1. The van der Waals surface area contributed by atoms with Gasteiger partial charge >= 0.3 is 11.7 Å². The number of carbonyl (C=O) groups excluding carboxylic acids is 1. The van der Waals surface area contributed by atoms with E-state index in [1.165, 1.54) is 12.1 Å². The Labute approximate surface area is 96.7 Å². The van der Waals surface area contributed by atoms with E-state index in [1.54, 1.807) is 6.92 Å². The van der Waals surface area contributed by atoms with Gasteiger partial charge in [-0.05, 0) is 30.7 Å². The molecule has 0 N–H and O–H groups in total. The maximum Gasteiger partial charge on any atom is 0.330 e. The molecule has 0 aliphatic carbocycles. The molecule has 1 rings (SSSR count). The number of halogens is 1. The summed E-state index contributed by atoms with van der Waals surface area (Å²) in [6, 6.07) is 3.37. The number of nitrogens with zero attached hydrogens (tertiary/aromatic N) is 1. The van der Waals surface area contributed by atoms with Crippen molar-refractivity contribution >= 4 is 17.7 Å². The molecule has 0 heterocycles. The van der Waals surface area contributed by atoms with E-state index in [4.69, 9.17) is 0 Å². The summed E-state index contributed by atoms with van der Waals surface area (Å²) in [6.45, 7) is 1.91. The van der Waals surface area contributed by atoms with Crippen LogP contribution in [0.1, 0.15) is 12.5 Å². The molecule has 0 saturated carbocycles. The first-order chi connectivity index (χ1) is 8.04. The first-order valence-corrected chi connectivity index (χ1v) is 4.83. The van der Waals surface area contributed by atoms with E-state index in [1.807, 2.05) is 0 Å². The van der Waals surface area contributed by atoms with Gasteiger partial charge in [0.25, 0.3) is 0 Å². The summed E-state index contributed by atoms with van der Waals surface area (Å²) in [5.41, 5.74) is -0.251. The first kappa shape index (κ1) is 12.8. The van der Waals surface area contributed by atoms with Gasteiger partial charge in [-0.1, -0.05) is 0 Å². The third kappa shape index (κ3) is 3.67. The van der Waals surface area contributed by atoms with Crippen LogP contribution in [0.15, 0.2) is 24.3 Å². The Balaban J connectivity index is 2.84. The minimum Gasteiger partial charge on any atom is -0.463 e. The average molecular weight is 239 g/mol. The molecular weight excluding hydrogens is 229 g/mol. The number of esters is 1. The Morgan fingerprint density at radius 3 is 2.82 bits per heavy atom. The molecule has 0 unspecified atom stereocenters. The van der Waals surface area contributed by atoms with E-state index in [2.05, 4.69) is 4.74 Å². The van der Waals surface area contributed by atoms with Gasteiger partial charge in [-0.3, -0.25) is 10.1 Å². The first-order valence-electron chi connectivity index (χ1n) is 4.83. The zero-order chi connectivity index (χ0) is 12.8. The lowest BCUT2D eigenvalue weighted by atomic mass is 10.2. The minimum absolute atomic E-state index is 0.248. The van der Waals surface area contributed by atoms with E-state index in [9.17, 15) is 19.3 Å². The molecule has 0 aliphatic heterocycles. The largest absolute Gasteiger partial charge is 0.463 e. The van der Waals surface area contributed by atoms with E-state index >= 15 is 0 Å². The van der Waals surface area contributed by atoms with Gasteiger partial charge in [0.15, 0.2) is 0 Å². The van der Waals surface area contributed by atoms with Crippen LogP contribution in [0.3, 0.4) is 0 Å². The average Bonchev–Trinajstić information content (AvgIpc) is 2.26. The third-order valence-electron chi connectivity index (χ3n) is 1.87. The fraction of sp³-hybridized carbons (Fsp3) is 0.182. The highest BCUT2D eigenvalue weighted by Gasteiger charge is 2.12. The highest BCUT2D eigenvalue weighted by Crippen LogP contribution is 2.18. The molecule has 1 aromatic carbocycles. The Morgan fingerprint density at radius 2 is 2.29 bits per heavy atom. The van der Waals surface area contributed by atoms with Crippen molar-refractivity contribution in [3.63, 3.8) is 0 Å². The number of ether oxygens (including phenoxy) is 1. The molecule has 0 radical (unpaired) electrons. The SMILES string of the molecule is CCOC(=O)/C=C/c1ccc([N+](=O)[O-])c(F)c1. The molecule has 0 aliphatic rings. The molecule has 1 aromatic rings. The molecule has 0 aromatic heterocycles. The van der Waals surface area contributed by atoms with Crippen LogP contribution in [0.25, 0.3) is 6.08 Å². The van der Waals surface area contributed by atoms with Gasteiger partial charge in [0.1, 0.15) is 0 Å². The second-order valence-electron chi connectivity index (χ2n) is 3.05. The lowest BCUT2D eigenvalue weighted by Crippen LogP contribution is -1.98. The molecule has 90 valence electrons. The van der Waals surface area contributed by atoms with Crippen molar-refractivity contribution in [1.82, 2.24) is 0 Å². The fourth-order valence-electron chi connectivity index (χ4n) is 1.13. The van der Waals surface area contributed by atoms with Crippen LogP contribution in [-0.2, 0) is 9.53 Å². The van der Waals surface area contributed by atoms with Crippen LogP contribution in [0.5, 0.6) is 0 Å². The van der Waals surface area contributed by atoms with Crippen LogP contribution in [0.4, 0.5) is 10.1 Å². The second kappa shape index (κ2) is 5.74. The van der Waals surface area contributed by atoms with E-state index in [0.29, 0.717) is 5.56 Å². The molecule has 5 nitrogen and oxygen atoms in total. The van der Waals surface area contributed by atoms with Crippen molar-refractivity contribution in [2.75, 3.05) is 6.61 Å². The zero-order valence-corrected chi connectivity index (χ0v) is 9.05. The summed E-state index contributed by atoms with van der Waals surface area (Å²) in [7, 11) is 0. The summed E-state index contributed by atoms with van der Waals surface area (Å²) in [5.74, 6) is -1.49.